The number of benzene rings is 1. The van der Waals surface area contributed by atoms with Gasteiger partial charge >= 0.3 is 0 Å². The average molecular weight is 333 g/mol. The predicted molar refractivity (Wildman–Crippen MR) is 91.3 cm³/mol. The van der Waals surface area contributed by atoms with Crippen molar-refractivity contribution in [2.24, 2.45) is 0 Å². The van der Waals surface area contributed by atoms with Crippen molar-refractivity contribution in [3.63, 3.8) is 0 Å². The Morgan fingerprint density at radius 3 is 2.39 bits per heavy atom. The second-order valence-electron chi connectivity index (χ2n) is 4.58. The summed E-state index contributed by atoms with van der Waals surface area (Å²) in [7, 11) is 4.71. The maximum atomic E-state index is 11.9. The van der Waals surface area contributed by atoms with Crippen LogP contribution in [0.1, 0.15) is 10.4 Å². The van der Waals surface area contributed by atoms with E-state index in [0.29, 0.717) is 23.8 Å². The summed E-state index contributed by atoms with van der Waals surface area (Å²) in [4.78, 5) is 13.0. The van der Waals surface area contributed by atoms with Crippen LogP contribution in [0.15, 0.2) is 35.7 Å². The topological polar surface area (TPSA) is 56.8 Å². The van der Waals surface area contributed by atoms with Gasteiger partial charge in [0.15, 0.2) is 0 Å². The van der Waals surface area contributed by atoms with Gasteiger partial charge in [-0.2, -0.15) is 0 Å². The van der Waals surface area contributed by atoms with Gasteiger partial charge in [0.2, 0.25) is 5.91 Å². The van der Waals surface area contributed by atoms with Gasteiger partial charge in [0, 0.05) is 23.1 Å². The van der Waals surface area contributed by atoms with E-state index in [1.807, 2.05) is 17.5 Å². The lowest BCUT2D eigenvalue weighted by Crippen LogP contribution is -2.21. The Morgan fingerprint density at radius 1 is 1.17 bits per heavy atom. The summed E-state index contributed by atoms with van der Waals surface area (Å²) in [5, 5.41) is 4.79. The van der Waals surface area contributed by atoms with Crippen LogP contribution in [0.25, 0.3) is 6.08 Å². The van der Waals surface area contributed by atoms with E-state index in [4.69, 9.17) is 14.2 Å². The zero-order valence-corrected chi connectivity index (χ0v) is 14.1. The first-order chi connectivity index (χ1) is 11.2. The summed E-state index contributed by atoms with van der Waals surface area (Å²) < 4.78 is 15.9. The Balaban J connectivity index is 2.08. The minimum Gasteiger partial charge on any atom is -0.496 e. The molecule has 23 heavy (non-hydrogen) atoms. The number of nitrogens with one attached hydrogen (secondary N) is 1. The van der Waals surface area contributed by atoms with E-state index >= 15 is 0 Å². The van der Waals surface area contributed by atoms with Gasteiger partial charge in [-0.25, -0.2) is 0 Å². The third kappa shape index (κ3) is 4.50. The maximum Gasteiger partial charge on any atom is 0.244 e. The van der Waals surface area contributed by atoms with Crippen molar-refractivity contribution in [1.29, 1.82) is 0 Å². The highest BCUT2D eigenvalue weighted by Crippen LogP contribution is 2.33. The Bertz CT molecular complexity index is 655. The summed E-state index contributed by atoms with van der Waals surface area (Å²) in [5.41, 5.74) is 0.758. The molecule has 0 unspecified atom stereocenters. The van der Waals surface area contributed by atoms with E-state index in [0.717, 1.165) is 10.4 Å². The molecule has 122 valence electrons. The highest BCUT2D eigenvalue weighted by Gasteiger charge is 2.13. The third-order valence-electron chi connectivity index (χ3n) is 3.20. The van der Waals surface area contributed by atoms with Crippen molar-refractivity contribution < 1.29 is 19.0 Å². The fraction of sp³-hybridized carbons (Fsp3) is 0.235. The molecular formula is C17H19NO4S. The van der Waals surface area contributed by atoms with Gasteiger partial charge in [-0.05, 0) is 17.5 Å². The number of hydrogen-bond donors (Lipinski definition) is 1. The summed E-state index contributed by atoms with van der Waals surface area (Å²) in [6, 6.07) is 7.40. The van der Waals surface area contributed by atoms with Crippen LogP contribution in [-0.4, -0.2) is 27.2 Å². The smallest absolute Gasteiger partial charge is 0.244 e. The maximum absolute atomic E-state index is 11.9. The molecule has 0 atom stereocenters. The number of amides is 1. The summed E-state index contributed by atoms with van der Waals surface area (Å²) >= 11 is 1.57. The number of thiophene rings is 1. The molecule has 2 aromatic rings. The zero-order valence-electron chi connectivity index (χ0n) is 13.3. The van der Waals surface area contributed by atoms with Crippen molar-refractivity contribution in [2.75, 3.05) is 21.3 Å². The lowest BCUT2D eigenvalue weighted by Gasteiger charge is -2.15. The molecule has 0 saturated heterocycles. The molecule has 1 aromatic heterocycles. The molecule has 0 aliphatic rings. The van der Waals surface area contributed by atoms with Crippen LogP contribution in [0.2, 0.25) is 0 Å². The van der Waals surface area contributed by atoms with E-state index in [-0.39, 0.29) is 5.91 Å². The predicted octanol–water partition coefficient (Wildman–Crippen LogP) is 3.10. The Hall–Kier alpha value is -2.47. The largest absolute Gasteiger partial charge is 0.496 e. The number of ether oxygens (including phenoxy) is 3. The SMILES string of the molecule is COc1cc(OC)c(CNC(=O)/C=C/c2cccs2)c(OC)c1. The number of methoxy groups -OCH3 is 3. The number of rotatable bonds is 7. The lowest BCUT2D eigenvalue weighted by molar-refractivity contribution is -0.116. The number of carbonyl (C=O) groups is 1. The second kappa shape index (κ2) is 8.24. The highest BCUT2D eigenvalue weighted by atomic mass is 32.1. The van der Waals surface area contributed by atoms with E-state index in [1.54, 1.807) is 50.9 Å². The molecule has 0 fully saturated rings. The Labute approximate surface area is 139 Å². The molecule has 1 N–H and O–H groups in total. The Morgan fingerprint density at radius 2 is 1.87 bits per heavy atom. The van der Waals surface area contributed by atoms with E-state index in [9.17, 15) is 4.79 Å². The summed E-state index contributed by atoms with van der Waals surface area (Å²) in [5.74, 6) is 1.65. The fourth-order valence-electron chi connectivity index (χ4n) is 2.03. The van der Waals surface area contributed by atoms with Crippen LogP contribution in [-0.2, 0) is 11.3 Å². The molecule has 0 spiro atoms. The van der Waals surface area contributed by atoms with Gasteiger partial charge in [0.05, 0.1) is 33.4 Å². The van der Waals surface area contributed by atoms with Gasteiger partial charge in [0.25, 0.3) is 0 Å². The van der Waals surface area contributed by atoms with Crippen LogP contribution in [0.4, 0.5) is 0 Å². The highest BCUT2D eigenvalue weighted by molar-refractivity contribution is 7.10. The average Bonchev–Trinajstić information content (AvgIpc) is 3.10. The van der Waals surface area contributed by atoms with Crippen molar-refractivity contribution in [1.82, 2.24) is 5.32 Å². The Kier molecular flexibility index (Phi) is 6.05. The minimum atomic E-state index is -0.182. The van der Waals surface area contributed by atoms with Crippen LogP contribution < -0.4 is 19.5 Å². The molecule has 5 nitrogen and oxygen atoms in total. The number of carbonyl (C=O) groups excluding carboxylic acids is 1. The first-order valence-electron chi connectivity index (χ1n) is 6.96. The van der Waals surface area contributed by atoms with E-state index in [1.165, 1.54) is 6.08 Å². The fourth-order valence-corrected chi connectivity index (χ4v) is 2.65. The van der Waals surface area contributed by atoms with Crippen molar-refractivity contribution in [3.05, 3.63) is 46.2 Å². The molecule has 0 saturated carbocycles. The van der Waals surface area contributed by atoms with Gasteiger partial charge in [-0.15, -0.1) is 11.3 Å². The first kappa shape index (κ1) is 16.9. The second-order valence-corrected chi connectivity index (χ2v) is 5.56. The van der Waals surface area contributed by atoms with Crippen LogP contribution >= 0.6 is 11.3 Å². The van der Waals surface area contributed by atoms with Gasteiger partial charge in [-0.1, -0.05) is 6.07 Å². The molecule has 0 radical (unpaired) electrons. The first-order valence-corrected chi connectivity index (χ1v) is 7.84. The lowest BCUT2D eigenvalue weighted by atomic mass is 10.1. The normalized spacial score (nSPS) is 10.6. The molecule has 1 amide bonds. The third-order valence-corrected chi connectivity index (χ3v) is 4.04. The molecule has 0 aliphatic heterocycles. The molecule has 1 aromatic carbocycles. The molecule has 6 heteroatoms. The van der Waals surface area contributed by atoms with Gasteiger partial charge < -0.3 is 19.5 Å². The zero-order chi connectivity index (χ0) is 16.7. The van der Waals surface area contributed by atoms with Crippen LogP contribution in [0.5, 0.6) is 17.2 Å². The quantitative estimate of drug-likeness (QED) is 0.791. The molecular weight excluding hydrogens is 314 g/mol. The van der Waals surface area contributed by atoms with Gasteiger partial charge in [-0.3, -0.25) is 4.79 Å². The molecule has 1 heterocycles. The summed E-state index contributed by atoms with van der Waals surface area (Å²) in [6.45, 7) is 0.296. The molecule has 2 rings (SSSR count). The standard InChI is InChI=1S/C17H19NO4S/c1-20-12-9-15(21-2)14(16(10-12)22-3)11-18-17(19)7-6-13-5-4-8-23-13/h4-10H,11H2,1-3H3,(H,18,19)/b7-6+. The van der Waals surface area contributed by atoms with E-state index < -0.39 is 0 Å². The van der Waals surface area contributed by atoms with Crippen molar-refractivity contribution in [2.45, 2.75) is 6.54 Å². The minimum absolute atomic E-state index is 0.182. The van der Waals surface area contributed by atoms with Gasteiger partial charge in [0.1, 0.15) is 17.2 Å². The number of hydrogen-bond acceptors (Lipinski definition) is 5. The molecule has 0 aliphatic carbocycles. The van der Waals surface area contributed by atoms with Crippen molar-refractivity contribution >= 4 is 23.3 Å². The van der Waals surface area contributed by atoms with Crippen LogP contribution in [0, 0.1) is 0 Å². The molecule has 0 bridgehead atoms. The summed E-state index contributed by atoms with van der Waals surface area (Å²) in [6.07, 6.45) is 3.29. The monoisotopic (exact) mass is 333 g/mol. The van der Waals surface area contributed by atoms with Crippen LogP contribution in [0.3, 0.4) is 0 Å². The van der Waals surface area contributed by atoms with Crippen molar-refractivity contribution in [3.8, 4) is 17.2 Å². The van der Waals surface area contributed by atoms with E-state index in [2.05, 4.69) is 5.32 Å².